The first-order valence-electron chi connectivity index (χ1n) is 4.86. The summed E-state index contributed by atoms with van der Waals surface area (Å²) in [5, 5.41) is 12.7. The van der Waals surface area contributed by atoms with Crippen LogP contribution < -0.4 is 11.5 Å². The van der Waals surface area contributed by atoms with Crippen LogP contribution in [0.5, 0.6) is 0 Å². The molecule has 0 saturated carbocycles. The van der Waals surface area contributed by atoms with Crippen molar-refractivity contribution in [3.63, 3.8) is 0 Å². The van der Waals surface area contributed by atoms with Crippen LogP contribution in [0.1, 0.15) is 0 Å². The molecule has 2 aromatic rings. The predicted molar refractivity (Wildman–Crippen MR) is 80.0 cm³/mol. The summed E-state index contributed by atoms with van der Waals surface area (Å²) in [6.07, 6.45) is 0. The van der Waals surface area contributed by atoms with Gasteiger partial charge in [-0.3, -0.25) is 10.1 Å². The summed E-state index contributed by atoms with van der Waals surface area (Å²) in [4.78, 5) is 18.1. The van der Waals surface area contributed by atoms with Crippen LogP contribution in [-0.2, 0) is 0 Å². The van der Waals surface area contributed by atoms with Gasteiger partial charge in [0.2, 0.25) is 5.13 Å². The predicted octanol–water partition coefficient (Wildman–Crippen LogP) is 2.20. The van der Waals surface area contributed by atoms with Gasteiger partial charge in [0.25, 0.3) is 5.69 Å². The molecule has 100 valence electrons. The number of hydrogen-bond donors (Lipinski definition) is 2. The Hall–Kier alpha value is -2.00. The Morgan fingerprint density at radius 3 is 2.47 bits per heavy atom. The topological polar surface area (TPSA) is 120 Å². The van der Waals surface area contributed by atoms with Crippen molar-refractivity contribution in [3.8, 4) is 11.3 Å². The molecule has 0 aliphatic carbocycles. The fraction of sp³-hybridized carbons (Fsp3) is 0. The monoisotopic (exact) mass is 343 g/mol. The Bertz CT molecular complexity index is 607. The molecule has 9 heteroatoms. The second-order valence-electron chi connectivity index (χ2n) is 3.36. The second kappa shape index (κ2) is 6.25. The zero-order chi connectivity index (χ0) is 13.1. The number of guanidine groups is 1. The standard InChI is InChI=1S/C10H9N5O2S.BrH/c11-9(12)14-10-13-8(5-18-10)6-1-3-7(4-2-6)15(16)17;/h1-5H,(H4,11,12,13,14);1H. The van der Waals surface area contributed by atoms with Crippen molar-refractivity contribution in [2.24, 2.45) is 16.5 Å². The highest BCUT2D eigenvalue weighted by atomic mass is 79.9. The number of nitrogens with two attached hydrogens (primary N) is 2. The van der Waals surface area contributed by atoms with Gasteiger partial charge in [0.15, 0.2) is 5.96 Å². The van der Waals surface area contributed by atoms with E-state index in [0.29, 0.717) is 10.8 Å². The highest BCUT2D eigenvalue weighted by Crippen LogP contribution is 2.27. The maximum absolute atomic E-state index is 10.5. The molecule has 0 unspecified atom stereocenters. The molecule has 1 aromatic heterocycles. The number of nitro groups is 1. The summed E-state index contributed by atoms with van der Waals surface area (Å²) in [5.41, 5.74) is 12.0. The molecule has 2 rings (SSSR count). The summed E-state index contributed by atoms with van der Waals surface area (Å²) in [7, 11) is 0. The van der Waals surface area contributed by atoms with Crippen LogP contribution in [0.2, 0.25) is 0 Å². The minimum atomic E-state index is -0.449. The SMILES string of the molecule is Br.NC(N)=Nc1nc(-c2ccc([N+](=O)[O-])cc2)cs1. The smallest absolute Gasteiger partial charge is 0.269 e. The number of thiazole rings is 1. The zero-order valence-electron chi connectivity index (χ0n) is 9.52. The van der Waals surface area contributed by atoms with Crippen LogP contribution in [0.15, 0.2) is 34.6 Å². The van der Waals surface area contributed by atoms with Crippen molar-refractivity contribution >= 4 is 45.1 Å². The normalized spacial score (nSPS) is 9.47. The first-order valence-corrected chi connectivity index (χ1v) is 5.74. The van der Waals surface area contributed by atoms with Crippen molar-refractivity contribution in [1.82, 2.24) is 4.98 Å². The van der Waals surface area contributed by atoms with E-state index in [1.54, 1.807) is 17.5 Å². The molecule has 1 heterocycles. The molecule has 7 nitrogen and oxygen atoms in total. The first kappa shape index (κ1) is 15.1. The van der Waals surface area contributed by atoms with E-state index < -0.39 is 4.92 Å². The minimum Gasteiger partial charge on any atom is -0.370 e. The van der Waals surface area contributed by atoms with E-state index in [4.69, 9.17) is 11.5 Å². The molecule has 4 N–H and O–H groups in total. The number of nitrogens with zero attached hydrogens (tertiary/aromatic N) is 3. The summed E-state index contributed by atoms with van der Waals surface area (Å²) in [6, 6.07) is 6.11. The average Bonchev–Trinajstić information content (AvgIpc) is 2.76. The van der Waals surface area contributed by atoms with Gasteiger partial charge in [0.05, 0.1) is 10.6 Å². The van der Waals surface area contributed by atoms with Gasteiger partial charge in [0, 0.05) is 23.1 Å². The van der Waals surface area contributed by atoms with Crippen LogP contribution in [0.3, 0.4) is 0 Å². The van der Waals surface area contributed by atoms with E-state index in [0.717, 1.165) is 5.56 Å². The molecule has 19 heavy (non-hydrogen) atoms. The lowest BCUT2D eigenvalue weighted by molar-refractivity contribution is -0.384. The number of rotatable bonds is 3. The number of hydrogen-bond acceptors (Lipinski definition) is 5. The van der Waals surface area contributed by atoms with Crippen LogP contribution in [0.25, 0.3) is 11.3 Å². The summed E-state index contributed by atoms with van der Waals surface area (Å²) in [5.74, 6) is -0.0559. The maximum atomic E-state index is 10.5. The largest absolute Gasteiger partial charge is 0.370 e. The third-order valence-electron chi connectivity index (χ3n) is 2.09. The molecule has 0 aliphatic heterocycles. The Morgan fingerprint density at radius 1 is 1.32 bits per heavy atom. The van der Waals surface area contributed by atoms with E-state index in [1.807, 2.05) is 0 Å². The van der Waals surface area contributed by atoms with Crippen molar-refractivity contribution in [2.75, 3.05) is 0 Å². The molecule has 0 amide bonds. The van der Waals surface area contributed by atoms with E-state index in [-0.39, 0.29) is 28.6 Å². The van der Waals surface area contributed by atoms with E-state index >= 15 is 0 Å². The molecule has 0 radical (unpaired) electrons. The lowest BCUT2D eigenvalue weighted by Gasteiger charge is -1.95. The molecular weight excluding hydrogens is 334 g/mol. The van der Waals surface area contributed by atoms with Gasteiger partial charge in [-0.05, 0) is 12.1 Å². The van der Waals surface area contributed by atoms with Crippen molar-refractivity contribution in [1.29, 1.82) is 0 Å². The molecule has 1 aromatic carbocycles. The van der Waals surface area contributed by atoms with Gasteiger partial charge in [-0.2, -0.15) is 4.99 Å². The lowest BCUT2D eigenvalue weighted by Crippen LogP contribution is -2.21. The molecule has 0 atom stereocenters. The van der Waals surface area contributed by atoms with Crippen LogP contribution in [-0.4, -0.2) is 15.9 Å². The Morgan fingerprint density at radius 2 is 1.95 bits per heavy atom. The van der Waals surface area contributed by atoms with Gasteiger partial charge in [-0.1, -0.05) is 0 Å². The number of non-ortho nitro benzene ring substituents is 1. The number of halogens is 1. The first-order chi connectivity index (χ1) is 8.56. The number of nitro benzene ring substituents is 1. The second-order valence-corrected chi connectivity index (χ2v) is 4.19. The number of aromatic nitrogens is 1. The Kier molecular flexibility index (Phi) is 4.95. The third kappa shape index (κ3) is 3.73. The highest BCUT2D eigenvalue weighted by molar-refractivity contribution is 8.93. The highest BCUT2D eigenvalue weighted by Gasteiger charge is 2.07. The fourth-order valence-electron chi connectivity index (χ4n) is 1.31. The van der Waals surface area contributed by atoms with Crippen LogP contribution in [0, 0.1) is 10.1 Å². The molecule has 0 spiro atoms. The van der Waals surface area contributed by atoms with Crippen LogP contribution in [0.4, 0.5) is 10.8 Å². The Balaban J connectivity index is 0.00000180. The number of aliphatic imine (C=N–C) groups is 1. The molecule has 0 aliphatic rings. The van der Waals surface area contributed by atoms with Crippen LogP contribution >= 0.6 is 28.3 Å². The van der Waals surface area contributed by atoms with E-state index in [9.17, 15) is 10.1 Å². The zero-order valence-corrected chi connectivity index (χ0v) is 12.0. The summed E-state index contributed by atoms with van der Waals surface area (Å²) >= 11 is 1.29. The van der Waals surface area contributed by atoms with Crippen molar-refractivity contribution in [3.05, 3.63) is 39.8 Å². The third-order valence-corrected chi connectivity index (χ3v) is 2.83. The maximum Gasteiger partial charge on any atom is 0.269 e. The van der Waals surface area contributed by atoms with Gasteiger partial charge in [-0.15, -0.1) is 28.3 Å². The van der Waals surface area contributed by atoms with Crippen molar-refractivity contribution in [2.45, 2.75) is 0 Å². The Labute approximate surface area is 122 Å². The molecular formula is C10H10BrN5O2S. The van der Waals surface area contributed by atoms with E-state index in [2.05, 4.69) is 9.98 Å². The molecule has 0 fully saturated rings. The summed E-state index contributed by atoms with van der Waals surface area (Å²) in [6.45, 7) is 0. The minimum absolute atomic E-state index is 0. The van der Waals surface area contributed by atoms with Gasteiger partial charge in [0.1, 0.15) is 0 Å². The lowest BCUT2D eigenvalue weighted by atomic mass is 10.1. The summed E-state index contributed by atoms with van der Waals surface area (Å²) < 4.78 is 0. The quantitative estimate of drug-likeness (QED) is 0.383. The van der Waals surface area contributed by atoms with Gasteiger partial charge >= 0.3 is 0 Å². The molecule has 0 bridgehead atoms. The van der Waals surface area contributed by atoms with Crippen molar-refractivity contribution < 1.29 is 4.92 Å². The van der Waals surface area contributed by atoms with Gasteiger partial charge in [-0.25, -0.2) is 4.98 Å². The molecule has 0 saturated heterocycles. The number of benzene rings is 1. The van der Waals surface area contributed by atoms with E-state index in [1.165, 1.54) is 23.5 Å². The van der Waals surface area contributed by atoms with Gasteiger partial charge < -0.3 is 11.5 Å². The average molecular weight is 344 g/mol. The fourth-order valence-corrected chi connectivity index (χ4v) is 2.03.